The summed E-state index contributed by atoms with van der Waals surface area (Å²) in [5.41, 5.74) is 2.26. The molecule has 1 unspecified atom stereocenters. The Bertz CT molecular complexity index is 553. The second-order valence-corrected chi connectivity index (χ2v) is 5.81. The lowest BCUT2D eigenvalue weighted by molar-refractivity contribution is 0.596. The molecule has 0 radical (unpaired) electrons. The van der Waals surface area contributed by atoms with Crippen molar-refractivity contribution in [1.82, 2.24) is 15.1 Å². The molecule has 0 saturated heterocycles. The average molecular weight is 343 g/mol. The summed E-state index contributed by atoms with van der Waals surface area (Å²) in [5.74, 6) is 0. The number of hydrogen-bond donors (Lipinski definition) is 1. The van der Waals surface area contributed by atoms with Gasteiger partial charge in [0, 0.05) is 27.3 Å². The second kappa shape index (κ2) is 6.55. The quantitative estimate of drug-likeness (QED) is 0.889. The predicted molar refractivity (Wildman–Crippen MR) is 82.6 cm³/mol. The van der Waals surface area contributed by atoms with Gasteiger partial charge in [0.2, 0.25) is 0 Å². The Balaban J connectivity index is 2.11. The number of halogens is 2. The van der Waals surface area contributed by atoms with Crippen LogP contribution >= 0.6 is 27.5 Å². The van der Waals surface area contributed by atoms with Gasteiger partial charge in [0.15, 0.2) is 0 Å². The number of nitrogens with one attached hydrogen (secondary N) is 1. The molecule has 102 valence electrons. The summed E-state index contributed by atoms with van der Waals surface area (Å²) >= 11 is 9.62. The van der Waals surface area contributed by atoms with E-state index in [0.29, 0.717) is 12.6 Å². The summed E-state index contributed by atoms with van der Waals surface area (Å²) in [6.07, 6.45) is 3.96. The Morgan fingerprint density at radius 3 is 2.95 bits per heavy atom. The van der Waals surface area contributed by atoms with Gasteiger partial charge in [-0.3, -0.25) is 4.68 Å². The number of hydrogen-bond acceptors (Lipinski definition) is 2. The van der Waals surface area contributed by atoms with E-state index in [0.717, 1.165) is 21.6 Å². The summed E-state index contributed by atoms with van der Waals surface area (Å²) in [5, 5.41) is 8.51. The normalized spacial score (nSPS) is 12.6. The molecule has 1 N–H and O–H groups in total. The smallest absolute Gasteiger partial charge is 0.0674 e. The number of nitrogens with zero attached hydrogens (tertiary/aromatic N) is 2. The van der Waals surface area contributed by atoms with Gasteiger partial charge >= 0.3 is 0 Å². The standard InChI is InChI=1S/C14H17BrClN3/c1-3-17-10(2)12-7-18-19(9-12)8-11-4-5-13(15)6-14(11)16/h4-7,9-10,17H,3,8H2,1-2H3. The van der Waals surface area contributed by atoms with Gasteiger partial charge in [-0.05, 0) is 31.2 Å². The van der Waals surface area contributed by atoms with Gasteiger partial charge in [0.1, 0.15) is 0 Å². The molecule has 1 aromatic heterocycles. The molecule has 0 amide bonds. The van der Waals surface area contributed by atoms with Gasteiger partial charge < -0.3 is 5.32 Å². The lowest BCUT2D eigenvalue weighted by Gasteiger charge is -2.09. The third-order valence-corrected chi connectivity index (χ3v) is 3.86. The van der Waals surface area contributed by atoms with Crippen LogP contribution in [0.3, 0.4) is 0 Å². The molecule has 2 aromatic rings. The molecule has 2 rings (SSSR count). The van der Waals surface area contributed by atoms with Crippen molar-refractivity contribution in [2.24, 2.45) is 0 Å². The van der Waals surface area contributed by atoms with Crippen LogP contribution in [0.15, 0.2) is 35.1 Å². The highest BCUT2D eigenvalue weighted by Crippen LogP contribution is 2.22. The first kappa shape index (κ1) is 14.6. The Kier molecular flexibility index (Phi) is 5.02. The predicted octanol–water partition coefficient (Wildman–Crippen LogP) is 4.02. The van der Waals surface area contributed by atoms with Crippen molar-refractivity contribution in [1.29, 1.82) is 0 Å². The van der Waals surface area contributed by atoms with Crippen LogP contribution in [0.25, 0.3) is 0 Å². The van der Waals surface area contributed by atoms with Gasteiger partial charge in [-0.1, -0.05) is 40.5 Å². The minimum absolute atomic E-state index is 0.319. The van der Waals surface area contributed by atoms with Crippen molar-refractivity contribution in [3.63, 3.8) is 0 Å². The highest BCUT2D eigenvalue weighted by atomic mass is 79.9. The molecule has 1 atom stereocenters. The summed E-state index contributed by atoms with van der Waals surface area (Å²) in [4.78, 5) is 0. The van der Waals surface area contributed by atoms with E-state index in [1.807, 2.05) is 29.1 Å². The maximum atomic E-state index is 6.22. The zero-order valence-corrected chi connectivity index (χ0v) is 13.4. The fourth-order valence-electron chi connectivity index (χ4n) is 1.94. The molecule has 0 saturated carbocycles. The van der Waals surface area contributed by atoms with E-state index in [1.165, 1.54) is 5.56 Å². The van der Waals surface area contributed by atoms with Gasteiger partial charge in [-0.25, -0.2) is 0 Å². The first-order chi connectivity index (χ1) is 9.10. The van der Waals surface area contributed by atoms with E-state index in [4.69, 9.17) is 11.6 Å². The van der Waals surface area contributed by atoms with Gasteiger partial charge in [0.05, 0.1) is 12.7 Å². The monoisotopic (exact) mass is 341 g/mol. The zero-order valence-electron chi connectivity index (χ0n) is 11.0. The van der Waals surface area contributed by atoms with E-state index in [9.17, 15) is 0 Å². The first-order valence-electron chi connectivity index (χ1n) is 6.29. The van der Waals surface area contributed by atoms with Gasteiger partial charge in [0.25, 0.3) is 0 Å². The minimum Gasteiger partial charge on any atom is -0.310 e. The molecule has 0 bridgehead atoms. The highest BCUT2D eigenvalue weighted by molar-refractivity contribution is 9.10. The molecule has 1 heterocycles. The van der Waals surface area contributed by atoms with E-state index >= 15 is 0 Å². The van der Waals surface area contributed by atoms with Crippen LogP contribution in [0, 0.1) is 0 Å². The van der Waals surface area contributed by atoms with E-state index < -0.39 is 0 Å². The van der Waals surface area contributed by atoms with E-state index in [2.05, 4.69) is 46.4 Å². The fourth-order valence-corrected chi connectivity index (χ4v) is 2.67. The maximum Gasteiger partial charge on any atom is 0.0674 e. The van der Waals surface area contributed by atoms with Gasteiger partial charge in [-0.2, -0.15) is 5.10 Å². The summed E-state index contributed by atoms with van der Waals surface area (Å²) in [6.45, 7) is 5.87. The van der Waals surface area contributed by atoms with Gasteiger partial charge in [-0.15, -0.1) is 0 Å². The van der Waals surface area contributed by atoms with Crippen molar-refractivity contribution < 1.29 is 0 Å². The largest absolute Gasteiger partial charge is 0.310 e. The van der Waals surface area contributed by atoms with Crippen LogP contribution in [0.2, 0.25) is 5.02 Å². The molecule has 5 heteroatoms. The Hall–Kier alpha value is -0.840. The molecular formula is C14H17BrClN3. The lowest BCUT2D eigenvalue weighted by atomic mass is 10.2. The van der Waals surface area contributed by atoms with Crippen molar-refractivity contribution in [2.75, 3.05) is 6.54 Å². The molecule has 0 aliphatic rings. The Labute approximate surface area is 127 Å². The number of aromatic nitrogens is 2. The molecule has 3 nitrogen and oxygen atoms in total. The topological polar surface area (TPSA) is 29.9 Å². The summed E-state index contributed by atoms with van der Waals surface area (Å²) < 4.78 is 2.90. The minimum atomic E-state index is 0.319. The molecule has 0 aliphatic carbocycles. The van der Waals surface area contributed by atoms with Crippen LogP contribution in [0.4, 0.5) is 0 Å². The number of benzene rings is 1. The van der Waals surface area contributed by atoms with Crippen LogP contribution in [0.5, 0.6) is 0 Å². The average Bonchev–Trinajstić information content (AvgIpc) is 2.82. The second-order valence-electron chi connectivity index (χ2n) is 4.49. The zero-order chi connectivity index (χ0) is 13.8. The molecule has 1 aromatic carbocycles. The van der Waals surface area contributed by atoms with Crippen molar-refractivity contribution in [3.05, 3.63) is 51.2 Å². The molecular weight excluding hydrogens is 326 g/mol. The van der Waals surface area contributed by atoms with Crippen LogP contribution in [0.1, 0.15) is 31.0 Å². The van der Waals surface area contributed by atoms with E-state index in [1.54, 1.807) is 0 Å². The summed E-state index contributed by atoms with van der Waals surface area (Å²) in [6, 6.07) is 6.23. The third kappa shape index (κ3) is 3.81. The fraction of sp³-hybridized carbons (Fsp3) is 0.357. The van der Waals surface area contributed by atoms with Crippen LogP contribution < -0.4 is 5.32 Å². The Morgan fingerprint density at radius 2 is 2.26 bits per heavy atom. The first-order valence-corrected chi connectivity index (χ1v) is 7.47. The molecule has 19 heavy (non-hydrogen) atoms. The van der Waals surface area contributed by atoms with Crippen LogP contribution in [-0.4, -0.2) is 16.3 Å². The SMILES string of the molecule is CCNC(C)c1cnn(Cc2ccc(Br)cc2Cl)c1. The molecule has 0 fully saturated rings. The lowest BCUT2D eigenvalue weighted by Crippen LogP contribution is -2.17. The molecule has 0 spiro atoms. The van der Waals surface area contributed by atoms with Crippen molar-refractivity contribution in [3.8, 4) is 0 Å². The van der Waals surface area contributed by atoms with Crippen molar-refractivity contribution >= 4 is 27.5 Å². The summed E-state index contributed by atoms with van der Waals surface area (Å²) in [7, 11) is 0. The third-order valence-electron chi connectivity index (χ3n) is 3.01. The van der Waals surface area contributed by atoms with E-state index in [-0.39, 0.29) is 0 Å². The molecule has 0 aliphatic heterocycles. The Morgan fingerprint density at radius 1 is 1.47 bits per heavy atom. The van der Waals surface area contributed by atoms with Crippen LogP contribution in [-0.2, 0) is 6.54 Å². The number of rotatable bonds is 5. The highest BCUT2D eigenvalue weighted by Gasteiger charge is 2.08. The maximum absolute atomic E-state index is 6.22. The van der Waals surface area contributed by atoms with Crippen molar-refractivity contribution in [2.45, 2.75) is 26.4 Å².